The number of hydrogen-bond acceptors (Lipinski definition) is 8. The number of rotatable bonds is 9. The lowest BCUT2D eigenvalue weighted by Crippen LogP contribution is -2.36. The van der Waals surface area contributed by atoms with E-state index >= 15 is 0 Å². The van der Waals surface area contributed by atoms with Gasteiger partial charge in [-0.2, -0.15) is 0 Å². The van der Waals surface area contributed by atoms with Crippen LogP contribution in [-0.4, -0.2) is 58.1 Å². The summed E-state index contributed by atoms with van der Waals surface area (Å²) in [7, 11) is 3.66. The van der Waals surface area contributed by atoms with Gasteiger partial charge in [0, 0.05) is 30.5 Å². The molecule has 0 aliphatic carbocycles. The molecular formula is C19H28ClN4O3S-. The fraction of sp³-hybridized carbons (Fsp3) is 0.579. The second-order valence-electron chi connectivity index (χ2n) is 6.88. The summed E-state index contributed by atoms with van der Waals surface area (Å²) < 4.78 is 16.7. The molecule has 2 aliphatic heterocycles. The third-order valence-electron chi connectivity index (χ3n) is 4.73. The first-order valence-corrected chi connectivity index (χ1v) is 10.7. The first kappa shape index (κ1) is 21.2. The van der Waals surface area contributed by atoms with Gasteiger partial charge in [-0.05, 0) is 50.6 Å². The number of halogens is 1. The van der Waals surface area contributed by atoms with E-state index in [1.807, 2.05) is 31.3 Å². The average Bonchev–Trinajstić information content (AvgIpc) is 2.93. The molecule has 0 radical (unpaired) electrons. The van der Waals surface area contributed by atoms with Crippen molar-refractivity contribution in [1.82, 2.24) is 18.1 Å². The Bertz CT molecular complexity index is 676. The van der Waals surface area contributed by atoms with Crippen LogP contribution in [0.25, 0.3) is 0 Å². The van der Waals surface area contributed by atoms with Crippen LogP contribution in [-0.2, 0) is 0 Å². The smallest absolute Gasteiger partial charge is 0.128 e. The monoisotopic (exact) mass is 427 g/mol. The zero-order valence-electron chi connectivity index (χ0n) is 16.6. The number of unbranched alkanes of at least 4 members (excludes halogenated alkanes) is 1. The van der Waals surface area contributed by atoms with Crippen molar-refractivity contribution in [2.24, 2.45) is 0 Å². The van der Waals surface area contributed by atoms with Gasteiger partial charge in [0.05, 0.1) is 26.0 Å². The molecule has 0 amide bonds. The Hall–Kier alpha value is -1.48. The van der Waals surface area contributed by atoms with Gasteiger partial charge in [-0.25, -0.2) is 4.31 Å². The fourth-order valence-electron chi connectivity index (χ4n) is 3.33. The molecule has 28 heavy (non-hydrogen) atoms. The second kappa shape index (κ2) is 9.82. The maximum atomic E-state index is 12.8. The molecule has 0 saturated carbocycles. The van der Waals surface area contributed by atoms with Gasteiger partial charge in [0.25, 0.3) is 0 Å². The normalized spacial score (nSPS) is 20.0. The van der Waals surface area contributed by atoms with Gasteiger partial charge < -0.3 is 19.7 Å². The Morgan fingerprint density at radius 1 is 1.21 bits per heavy atom. The van der Waals surface area contributed by atoms with Gasteiger partial charge >= 0.3 is 0 Å². The summed E-state index contributed by atoms with van der Waals surface area (Å²) in [6, 6.07) is 7.58. The maximum Gasteiger partial charge on any atom is 0.128 e. The van der Waals surface area contributed by atoms with Crippen LogP contribution in [0.4, 0.5) is 0 Å². The third kappa shape index (κ3) is 4.74. The van der Waals surface area contributed by atoms with Crippen molar-refractivity contribution in [1.29, 1.82) is 0 Å². The van der Waals surface area contributed by atoms with Crippen LogP contribution in [0.3, 0.4) is 0 Å². The SMILES string of the molecule is CCCC1N([O-])C2=C(CN(C)SN2CCCCOc2ccc(OC)cc2)N1Cl. The summed E-state index contributed by atoms with van der Waals surface area (Å²) in [5, 5.41) is 13.9. The first-order valence-electron chi connectivity index (χ1n) is 9.63. The predicted octanol–water partition coefficient (Wildman–Crippen LogP) is 4.23. The molecule has 2 aliphatic rings. The number of likely N-dealkylation sites (N-methyl/N-ethyl adjacent to an activating group) is 1. The van der Waals surface area contributed by atoms with Crippen molar-refractivity contribution in [2.75, 3.05) is 33.9 Å². The predicted molar refractivity (Wildman–Crippen MR) is 113 cm³/mol. The highest BCUT2D eigenvalue weighted by atomic mass is 35.5. The van der Waals surface area contributed by atoms with Crippen LogP contribution in [0.5, 0.6) is 11.5 Å². The fourth-order valence-corrected chi connectivity index (χ4v) is 4.63. The minimum atomic E-state index is -0.315. The van der Waals surface area contributed by atoms with Gasteiger partial charge in [-0.15, -0.1) is 0 Å². The number of ether oxygens (including phenoxy) is 2. The molecular weight excluding hydrogens is 400 g/mol. The van der Waals surface area contributed by atoms with Crippen molar-refractivity contribution < 1.29 is 9.47 Å². The number of benzene rings is 1. The van der Waals surface area contributed by atoms with Crippen LogP contribution in [0.15, 0.2) is 35.8 Å². The second-order valence-corrected chi connectivity index (χ2v) is 8.47. The highest BCUT2D eigenvalue weighted by Gasteiger charge is 2.38. The Balaban J connectivity index is 1.50. The van der Waals surface area contributed by atoms with E-state index in [2.05, 4.69) is 15.5 Å². The lowest BCUT2D eigenvalue weighted by atomic mass is 10.3. The zero-order valence-corrected chi connectivity index (χ0v) is 18.2. The molecule has 1 aromatic rings. The van der Waals surface area contributed by atoms with Gasteiger partial charge in [-0.1, -0.05) is 13.3 Å². The van der Waals surface area contributed by atoms with Crippen LogP contribution in [0.2, 0.25) is 0 Å². The highest BCUT2D eigenvalue weighted by Crippen LogP contribution is 2.41. The standard InChI is InChI=1S/C19H28ClN4O3S/c1-4-7-18-23(20)17-14-21(2)28-22(19(17)24(18)25)12-5-6-13-27-16-10-8-15(26-3)9-11-16/h8-11,18H,4-7,12-14H2,1-3H3/q-1. The summed E-state index contributed by atoms with van der Waals surface area (Å²) in [5.74, 6) is 2.35. The van der Waals surface area contributed by atoms with Gasteiger partial charge in [-0.3, -0.25) is 8.72 Å². The summed E-state index contributed by atoms with van der Waals surface area (Å²) >= 11 is 8.05. The van der Waals surface area contributed by atoms with E-state index in [1.165, 1.54) is 0 Å². The van der Waals surface area contributed by atoms with Gasteiger partial charge in [0.15, 0.2) is 0 Å². The molecule has 0 bridgehead atoms. The lowest BCUT2D eigenvalue weighted by Gasteiger charge is -2.41. The quantitative estimate of drug-likeness (QED) is 0.329. The molecule has 0 fully saturated rings. The van der Waals surface area contributed by atoms with Crippen LogP contribution in [0, 0.1) is 5.21 Å². The third-order valence-corrected chi connectivity index (χ3v) is 6.12. The molecule has 7 nitrogen and oxygen atoms in total. The minimum absolute atomic E-state index is 0.315. The van der Waals surface area contributed by atoms with Crippen LogP contribution < -0.4 is 9.47 Å². The molecule has 156 valence electrons. The summed E-state index contributed by atoms with van der Waals surface area (Å²) in [4.78, 5) is 0. The molecule has 1 unspecified atom stereocenters. The molecule has 2 heterocycles. The first-order chi connectivity index (χ1) is 13.5. The van der Waals surface area contributed by atoms with Crippen LogP contribution >= 0.6 is 23.9 Å². The molecule has 1 atom stereocenters. The van der Waals surface area contributed by atoms with E-state index in [-0.39, 0.29) is 6.17 Å². The average molecular weight is 428 g/mol. The Labute approximate surface area is 176 Å². The summed E-state index contributed by atoms with van der Waals surface area (Å²) in [6.07, 6.45) is 3.17. The van der Waals surface area contributed by atoms with E-state index in [0.717, 1.165) is 54.5 Å². The van der Waals surface area contributed by atoms with Crippen LogP contribution in [0.1, 0.15) is 32.6 Å². The number of nitrogens with zero attached hydrogens (tertiary/aromatic N) is 4. The van der Waals surface area contributed by atoms with Crippen molar-refractivity contribution in [3.63, 3.8) is 0 Å². The van der Waals surface area contributed by atoms with Crippen molar-refractivity contribution in [3.05, 3.63) is 41.0 Å². The van der Waals surface area contributed by atoms with Crippen molar-refractivity contribution >= 4 is 23.9 Å². The highest BCUT2D eigenvalue weighted by molar-refractivity contribution is 7.94. The Morgan fingerprint density at radius 2 is 1.93 bits per heavy atom. The number of methoxy groups -OCH3 is 1. The van der Waals surface area contributed by atoms with E-state index in [1.54, 1.807) is 23.7 Å². The Morgan fingerprint density at radius 3 is 2.61 bits per heavy atom. The maximum absolute atomic E-state index is 12.8. The van der Waals surface area contributed by atoms with Crippen molar-refractivity contribution in [3.8, 4) is 11.5 Å². The molecule has 0 aromatic heterocycles. The molecule has 3 rings (SSSR count). The molecule has 0 spiro atoms. The number of hydroxylamine groups is 2. The van der Waals surface area contributed by atoms with E-state index < -0.39 is 0 Å². The van der Waals surface area contributed by atoms with E-state index in [9.17, 15) is 5.21 Å². The zero-order chi connectivity index (χ0) is 20.1. The minimum Gasteiger partial charge on any atom is -0.756 e. The van der Waals surface area contributed by atoms with E-state index in [4.69, 9.17) is 21.3 Å². The van der Waals surface area contributed by atoms with Gasteiger partial charge in [0.2, 0.25) is 0 Å². The van der Waals surface area contributed by atoms with Gasteiger partial charge in [0.1, 0.15) is 23.5 Å². The van der Waals surface area contributed by atoms with Crippen molar-refractivity contribution in [2.45, 2.75) is 38.8 Å². The Kier molecular flexibility index (Phi) is 7.45. The summed E-state index contributed by atoms with van der Waals surface area (Å²) in [6.45, 7) is 4.13. The summed E-state index contributed by atoms with van der Waals surface area (Å²) in [5.41, 5.74) is 0.894. The van der Waals surface area contributed by atoms with E-state index in [0.29, 0.717) is 19.0 Å². The molecule has 0 saturated heterocycles. The largest absolute Gasteiger partial charge is 0.756 e. The molecule has 0 N–H and O–H groups in total. The molecule has 1 aromatic carbocycles. The lowest BCUT2D eigenvalue weighted by molar-refractivity contribution is 0.225. The molecule has 9 heteroatoms. The topological polar surface area (TPSA) is 54.5 Å². The number of hydrogen-bond donors (Lipinski definition) is 0.